The van der Waals surface area contributed by atoms with Crippen LogP contribution >= 0.6 is 0 Å². The molecule has 0 atom stereocenters. The molecule has 8 aromatic carbocycles. The van der Waals surface area contributed by atoms with Crippen molar-refractivity contribution in [2.45, 2.75) is 0 Å². The van der Waals surface area contributed by atoms with E-state index < -0.39 is 0 Å². The van der Waals surface area contributed by atoms with Crippen molar-refractivity contribution >= 4 is 60.9 Å². The summed E-state index contributed by atoms with van der Waals surface area (Å²) in [6, 6.07) is 63.4. The van der Waals surface area contributed by atoms with Crippen LogP contribution in [-0.4, -0.2) is 4.98 Å². The molecule has 2 heterocycles. The van der Waals surface area contributed by atoms with Gasteiger partial charge in [-0.1, -0.05) is 127 Å². The van der Waals surface area contributed by atoms with E-state index in [4.69, 9.17) is 13.8 Å². The minimum Gasteiger partial charge on any atom is -0.456 e. The molecular formula is C47H30N2O2. The van der Waals surface area contributed by atoms with Gasteiger partial charge in [-0.05, 0) is 81.6 Å². The van der Waals surface area contributed by atoms with Crippen LogP contribution in [0.3, 0.4) is 0 Å². The normalized spacial score (nSPS) is 11.5. The highest BCUT2D eigenvalue weighted by Gasteiger charge is 2.26. The van der Waals surface area contributed by atoms with E-state index in [0.717, 1.165) is 66.8 Å². The first-order valence-electron chi connectivity index (χ1n) is 17.1. The van der Waals surface area contributed by atoms with Crippen LogP contribution in [0.15, 0.2) is 191 Å². The number of nitrogens with zero attached hydrogens (tertiary/aromatic N) is 2. The number of furan rings is 1. The molecule has 0 unspecified atom stereocenters. The first-order valence-corrected chi connectivity index (χ1v) is 17.1. The average Bonchev–Trinajstić information content (AvgIpc) is 3.80. The molecule has 0 saturated carbocycles. The second-order valence-electron chi connectivity index (χ2n) is 12.8. The number of hydrogen-bond acceptors (Lipinski definition) is 4. The standard InChI is InChI=1S/C47H30N2O2/c1-3-12-31(13-4-1)33-24-26-38(27-25-33)49(39-19-11-18-36(29-39)37-23-22-32-14-7-8-17-35(32)28-37)46-44-40-20-9-10-21-41(40)50-42(44)30-43-45(46)48-47(51-43)34-15-5-2-6-16-34/h1-30H. The molecule has 4 heteroatoms. The van der Waals surface area contributed by atoms with E-state index in [1.807, 2.05) is 54.6 Å². The van der Waals surface area contributed by atoms with E-state index in [2.05, 4.69) is 132 Å². The molecule has 0 spiro atoms. The maximum atomic E-state index is 6.53. The van der Waals surface area contributed by atoms with Gasteiger partial charge in [-0.2, -0.15) is 0 Å². The lowest BCUT2D eigenvalue weighted by atomic mass is 10.00. The Morgan fingerprint density at radius 3 is 1.86 bits per heavy atom. The summed E-state index contributed by atoms with van der Waals surface area (Å²) in [6.45, 7) is 0. The van der Waals surface area contributed by atoms with Crippen LogP contribution < -0.4 is 4.90 Å². The Hall–Kier alpha value is -6.91. The summed E-state index contributed by atoms with van der Waals surface area (Å²) in [7, 11) is 0. The molecule has 0 amide bonds. The van der Waals surface area contributed by atoms with E-state index in [9.17, 15) is 0 Å². The third kappa shape index (κ3) is 5.04. The molecule has 4 nitrogen and oxygen atoms in total. The fourth-order valence-corrected chi connectivity index (χ4v) is 7.20. The molecule has 51 heavy (non-hydrogen) atoms. The number of para-hydroxylation sites is 1. The summed E-state index contributed by atoms with van der Waals surface area (Å²) in [5.74, 6) is 0.563. The fourth-order valence-electron chi connectivity index (χ4n) is 7.20. The van der Waals surface area contributed by atoms with Gasteiger partial charge < -0.3 is 13.7 Å². The van der Waals surface area contributed by atoms with Gasteiger partial charge in [0.25, 0.3) is 0 Å². The summed E-state index contributed by atoms with van der Waals surface area (Å²) in [5, 5.41) is 4.43. The van der Waals surface area contributed by atoms with E-state index >= 15 is 0 Å². The highest BCUT2D eigenvalue weighted by molar-refractivity contribution is 6.20. The second kappa shape index (κ2) is 11.9. The Kier molecular flexibility index (Phi) is 6.78. The van der Waals surface area contributed by atoms with Crippen LogP contribution in [-0.2, 0) is 0 Å². The van der Waals surface area contributed by atoms with Crippen molar-refractivity contribution in [2.75, 3.05) is 4.90 Å². The average molecular weight is 655 g/mol. The summed E-state index contributed by atoms with van der Waals surface area (Å²) < 4.78 is 13.1. The van der Waals surface area contributed by atoms with Crippen LogP contribution in [0.1, 0.15) is 0 Å². The fraction of sp³-hybridized carbons (Fsp3) is 0. The van der Waals surface area contributed by atoms with E-state index in [-0.39, 0.29) is 0 Å². The van der Waals surface area contributed by atoms with Crippen molar-refractivity contribution in [3.8, 4) is 33.7 Å². The maximum Gasteiger partial charge on any atom is 0.227 e. The zero-order chi connectivity index (χ0) is 33.7. The minimum atomic E-state index is 0.563. The van der Waals surface area contributed by atoms with Gasteiger partial charge in [-0.25, -0.2) is 4.98 Å². The van der Waals surface area contributed by atoms with Crippen LogP contribution in [0.4, 0.5) is 17.1 Å². The van der Waals surface area contributed by atoms with Crippen LogP contribution in [0.5, 0.6) is 0 Å². The van der Waals surface area contributed by atoms with Gasteiger partial charge in [0.1, 0.15) is 16.7 Å². The molecule has 0 N–H and O–H groups in total. The molecule has 0 saturated heterocycles. The number of rotatable bonds is 6. The first kappa shape index (κ1) is 29.0. The highest BCUT2D eigenvalue weighted by Crippen LogP contribution is 2.48. The quantitative estimate of drug-likeness (QED) is 0.179. The Morgan fingerprint density at radius 1 is 0.392 bits per heavy atom. The lowest BCUT2D eigenvalue weighted by Crippen LogP contribution is -2.11. The zero-order valence-corrected chi connectivity index (χ0v) is 27.5. The van der Waals surface area contributed by atoms with Crippen molar-refractivity contribution in [3.05, 3.63) is 182 Å². The highest BCUT2D eigenvalue weighted by atomic mass is 16.4. The van der Waals surface area contributed by atoms with Gasteiger partial charge in [0.15, 0.2) is 5.58 Å². The number of anilines is 3. The molecule has 0 aliphatic rings. The molecule has 240 valence electrons. The summed E-state index contributed by atoms with van der Waals surface area (Å²) in [6.07, 6.45) is 0. The number of hydrogen-bond donors (Lipinski definition) is 0. The van der Waals surface area contributed by atoms with E-state index in [1.165, 1.54) is 16.3 Å². The van der Waals surface area contributed by atoms with Crippen molar-refractivity contribution < 1.29 is 8.83 Å². The Morgan fingerprint density at radius 2 is 1.04 bits per heavy atom. The molecule has 10 rings (SSSR count). The zero-order valence-electron chi connectivity index (χ0n) is 27.5. The van der Waals surface area contributed by atoms with Gasteiger partial charge in [0, 0.05) is 28.4 Å². The molecule has 0 aliphatic heterocycles. The number of benzene rings is 8. The maximum absolute atomic E-state index is 6.53. The Labute approximate surface area is 294 Å². The smallest absolute Gasteiger partial charge is 0.227 e. The molecule has 2 aromatic heterocycles. The lowest BCUT2D eigenvalue weighted by Gasteiger charge is -2.27. The van der Waals surface area contributed by atoms with Gasteiger partial charge >= 0.3 is 0 Å². The van der Waals surface area contributed by atoms with Crippen LogP contribution in [0, 0.1) is 0 Å². The number of fused-ring (bicyclic) bond motifs is 5. The Balaban J connectivity index is 1.25. The SMILES string of the molecule is c1ccc(-c2ccc(N(c3cccc(-c4ccc5ccccc5c4)c3)c3c4nc(-c5ccccc5)oc4cc4oc5ccccc5c34)cc2)cc1. The summed E-state index contributed by atoms with van der Waals surface area (Å²) in [5.41, 5.74) is 11.4. The molecular weight excluding hydrogens is 625 g/mol. The largest absolute Gasteiger partial charge is 0.456 e. The third-order valence-corrected chi connectivity index (χ3v) is 9.66. The van der Waals surface area contributed by atoms with Crippen molar-refractivity contribution in [3.63, 3.8) is 0 Å². The Bertz CT molecular complexity index is 2850. The third-order valence-electron chi connectivity index (χ3n) is 9.66. The monoisotopic (exact) mass is 654 g/mol. The molecule has 0 bridgehead atoms. The van der Waals surface area contributed by atoms with Gasteiger partial charge in [-0.15, -0.1) is 0 Å². The minimum absolute atomic E-state index is 0.563. The van der Waals surface area contributed by atoms with Crippen LogP contribution in [0.25, 0.3) is 77.5 Å². The van der Waals surface area contributed by atoms with Crippen molar-refractivity contribution in [1.29, 1.82) is 0 Å². The van der Waals surface area contributed by atoms with Gasteiger partial charge in [0.2, 0.25) is 5.89 Å². The van der Waals surface area contributed by atoms with E-state index in [0.29, 0.717) is 11.5 Å². The molecule has 0 fully saturated rings. The number of aromatic nitrogens is 1. The van der Waals surface area contributed by atoms with Gasteiger partial charge in [0.05, 0.1) is 11.1 Å². The number of oxazole rings is 1. The first-order chi connectivity index (χ1) is 25.3. The molecule has 10 aromatic rings. The second-order valence-corrected chi connectivity index (χ2v) is 12.8. The van der Waals surface area contributed by atoms with Crippen LogP contribution in [0.2, 0.25) is 0 Å². The lowest BCUT2D eigenvalue weighted by molar-refractivity contribution is 0.617. The predicted octanol–water partition coefficient (Wildman–Crippen LogP) is 13.4. The molecule has 0 aliphatic carbocycles. The van der Waals surface area contributed by atoms with Gasteiger partial charge in [-0.3, -0.25) is 0 Å². The summed E-state index contributed by atoms with van der Waals surface area (Å²) >= 11 is 0. The van der Waals surface area contributed by atoms with E-state index in [1.54, 1.807) is 0 Å². The topological polar surface area (TPSA) is 42.4 Å². The molecule has 0 radical (unpaired) electrons. The van der Waals surface area contributed by atoms with Crippen molar-refractivity contribution in [1.82, 2.24) is 4.98 Å². The van der Waals surface area contributed by atoms with Crippen molar-refractivity contribution in [2.24, 2.45) is 0 Å². The summed E-state index contributed by atoms with van der Waals surface area (Å²) in [4.78, 5) is 7.53. The predicted molar refractivity (Wildman–Crippen MR) is 210 cm³/mol.